The third kappa shape index (κ3) is 3.13. The molecule has 1 N–H and O–H groups in total. The third-order valence-corrected chi connectivity index (χ3v) is 5.20. The molecule has 26 heavy (non-hydrogen) atoms. The first-order valence-electron chi connectivity index (χ1n) is 8.87. The molecule has 7 heteroatoms. The average molecular weight is 356 g/mol. The fraction of sp³-hybridized carbons (Fsp3) is 0.474. The van der Waals surface area contributed by atoms with Gasteiger partial charge in [0.2, 0.25) is 5.89 Å². The van der Waals surface area contributed by atoms with E-state index in [1.54, 1.807) is 7.11 Å². The second kappa shape index (κ2) is 7.19. The molecule has 1 saturated heterocycles. The van der Waals surface area contributed by atoms with Crippen LogP contribution in [0, 0.1) is 5.92 Å². The molecular formula is C19H24N4O3. The van der Waals surface area contributed by atoms with Crippen molar-refractivity contribution >= 4 is 10.9 Å². The Hall–Kier alpha value is -2.22. The first kappa shape index (κ1) is 17.2. The van der Waals surface area contributed by atoms with Crippen LogP contribution in [-0.2, 0) is 24.9 Å². The van der Waals surface area contributed by atoms with E-state index in [-0.39, 0.29) is 18.4 Å². The number of aryl methyl sites for hydroxylation is 1. The molecule has 2 aromatic heterocycles. The van der Waals surface area contributed by atoms with Crippen molar-refractivity contribution in [3.63, 3.8) is 0 Å². The highest BCUT2D eigenvalue weighted by molar-refractivity contribution is 5.83. The quantitative estimate of drug-likeness (QED) is 0.727. The van der Waals surface area contributed by atoms with Crippen molar-refractivity contribution in [1.82, 2.24) is 19.6 Å². The Kier molecular flexibility index (Phi) is 4.76. The van der Waals surface area contributed by atoms with Gasteiger partial charge in [0.15, 0.2) is 5.82 Å². The summed E-state index contributed by atoms with van der Waals surface area (Å²) in [5, 5.41) is 15.1. The lowest BCUT2D eigenvalue weighted by atomic mass is 9.97. The highest BCUT2D eigenvalue weighted by Crippen LogP contribution is 2.33. The molecular weight excluding hydrogens is 332 g/mol. The Morgan fingerprint density at radius 1 is 1.31 bits per heavy atom. The Labute approximate surface area is 152 Å². The summed E-state index contributed by atoms with van der Waals surface area (Å²) in [5.74, 6) is 1.29. The minimum Gasteiger partial charge on any atom is -0.396 e. The van der Waals surface area contributed by atoms with Crippen molar-refractivity contribution in [3.8, 4) is 0 Å². The van der Waals surface area contributed by atoms with Crippen molar-refractivity contribution in [3.05, 3.63) is 47.7 Å². The van der Waals surface area contributed by atoms with Crippen LogP contribution in [0.5, 0.6) is 0 Å². The van der Waals surface area contributed by atoms with Crippen LogP contribution in [0.1, 0.15) is 23.2 Å². The van der Waals surface area contributed by atoms with E-state index in [9.17, 15) is 5.11 Å². The molecule has 1 fully saturated rings. The number of hydrogen-bond acceptors (Lipinski definition) is 6. The Morgan fingerprint density at radius 3 is 2.96 bits per heavy atom. The van der Waals surface area contributed by atoms with Gasteiger partial charge in [-0.1, -0.05) is 23.4 Å². The minimum atomic E-state index is 0.0492. The van der Waals surface area contributed by atoms with Crippen molar-refractivity contribution in [2.24, 2.45) is 13.0 Å². The number of para-hydroxylation sites is 1. The summed E-state index contributed by atoms with van der Waals surface area (Å²) in [6, 6.07) is 8.44. The second-order valence-corrected chi connectivity index (χ2v) is 7.01. The normalized spacial score (nSPS) is 21.0. The predicted molar refractivity (Wildman–Crippen MR) is 96.5 cm³/mol. The summed E-state index contributed by atoms with van der Waals surface area (Å²) in [4.78, 5) is 6.79. The average Bonchev–Trinajstić information content (AvgIpc) is 3.34. The van der Waals surface area contributed by atoms with Gasteiger partial charge in [-0.25, -0.2) is 0 Å². The number of methoxy groups -OCH3 is 1. The maximum atomic E-state index is 9.82. The zero-order valence-corrected chi connectivity index (χ0v) is 15.1. The van der Waals surface area contributed by atoms with E-state index < -0.39 is 0 Å². The zero-order valence-electron chi connectivity index (χ0n) is 15.1. The molecule has 0 spiro atoms. The van der Waals surface area contributed by atoms with Crippen LogP contribution in [0.25, 0.3) is 10.9 Å². The maximum Gasteiger partial charge on any atom is 0.231 e. The van der Waals surface area contributed by atoms with E-state index >= 15 is 0 Å². The van der Waals surface area contributed by atoms with E-state index in [4.69, 9.17) is 9.26 Å². The number of nitrogens with zero attached hydrogens (tertiary/aromatic N) is 4. The van der Waals surface area contributed by atoms with Crippen LogP contribution >= 0.6 is 0 Å². The summed E-state index contributed by atoms with van der Waals surface area (Å²) in [5.41, 5.74) is 2.53. The first-order valence-corrected chi connectivity index (χ1v) is 8.87. The van der Waals surface area contributed by atoms with E-state index in [1.807, 2.05) is 0 Å². The minimum absolute atomic E-state index is 0.0492. The summed E-state index contributed by atoms with van der Waals surface area (Å²) in [6.07, 6.45) is 2.19. The van der Waals surface area contributed by atoms with Gasteiger partial charge in [-0.3, -0.25) is 4.90 Å². The predicted octanol–water partition coefficient (Wildman–Crippen LogP) is 1.92. The number of aliphatic hydroxyl groups is 1. The Morgan fingerprint density at radius 2 is 2.15 bits per heavy atom. The summed E-state index contributed by atoms with van der Waals surface area (Å²) < 4.78 is 12.6. The lowest BCUT2D eigenvalue weighted by molar-refractivity contribution is 0.174. The van der Waals surface area contributed by atoms with Gasteiger partial charge in [-0.15, -0.1) is 0 Å². The first-order chi connectivity index (χ1) is 12.7. The van der Waals surface area contributed by atoms with Crippen LogP contribution < -0.4 is 0 Å². The van der Waals surface area contributed by atoms with Gasteiger partial charge in [-0.05, 0) is 11.6 Å². The van der Waals surface area contributed by atoms with Crippen molar-refractivity contribution in [1.29, 1.82) is 0 Å². The van der Waals surface area contributed by atoms with Gasteiger partial charge in [-0.2, -0.15) is 4.98 Å². The van der Waals surface area contributed by atoms with E-state index in [2.05, 4.69) is 57.1 Å². The van der Waals surface area contributed by atoms with Gasteiger partial charge >= 0.3 is 0 Å². The second-order valence-electron chi connectivity index (χ2n) is 7.01. The standard InChI is InChI=1S/C19H24N4O3/c1-22-7-13(15-5-3-4-6-17(15)22)8-23-9-14(11-24)16(10-23)19-20-18(12-25-2)21-26-19/h3-7,14,16,24H,8-12H2,1-2H3/t14-,16+/m0/s1. The highest BCUT2D eigenvalue weighted by atomic mass is 16.5. The van der Waals surface area contributed by atoms with Crippen LogP contribution in [-0.4, -0.2) is 51.5 Å². The van der Waals surface area contributed by atoms with Gasteiger partial charge in [0.25, 0.3) is 0 Å². The molecule has 0 amide bonds. The maximum absolute atomic E-state index is 9.82. The molecule has 138 valence electrons. The smallest absolute Gasteiger partial charge is 0.231 e. The molecule has 1 aliphatic heterocycles. The van der Waals surface area contributed by atoms with Crippen molar-refractivity contribution in [2.75, 3.05) is 26.8 Å². The van der Waals surface area contributed by atoms with Crippen LogP contribution in [0.15, 0.2) is 35.0 Å². The molecule has 2 atom stereocenters. The van der Waals surface area contributed by atoms with Crippen molar-refractivity contribution in [2.45, 2.75) is 19.1 Å². The number of aromatic nitrogens is 3. The van der Waals surface area contributed by atoms with Crippen LogP contribution in [0.3, 0.4) is 0 Å². The lowest BCUT2D eigenvalue weighted by Crippen LogP contribution is -2.20. The number of rotatable bonds is 6. The summed E-state index contributed by atoms with van der Waals surface area (Å²) in [7, 11) is 3.68. The Bertz CT molecular complexity index is 888. The number of aliphatic hydroxyl groups excluding tert-OH is 1. The number of benzene rings is 1. The molecule has 3 heterocycles. The number of fused-ring (bicyclic) bond motifs is 1. The monoisotopic (exact) mass is 356 g/mol. The Balaban J connectivity index is 1.53. The molecule has 1 aromatic carbocycles. The SMILES string of the molecule is COCc1noc([C@@H]2CN(Cc3cn(C)c4ccccc34)C[C@H]2CO)n1. The lowest BCUT2D eigenvalue weighted by Gasteiger charge is -2.14. The number of ether oxygens (including phenoxy) is 1. The summed E-state index contributed by atoms with van der Waals surface area (Å²) >= 11 is 0. The molecule has 0 radical (unpaired) electrons. The fourth-order valence-electron chi connectivity index (χ4n) is 3.95. The molecule has 0 aliphatic carbocycles. The largest absolute Gasteiger partial charge is 0.396 e. The molecule has 0 unspecified atom stereocenters. The molecule has 3 aromatic rings. The van der Waals surface area contributed by atoms with Crippen LogP contribution in [0.4, 0.5) is 0 Å². The van der Waals surface area contributed by atoms with Crippen molar-refractivity contribution < 1.29 is 14.4 Å². The molecule has 7 nitrogen and oxygen atoms in total. The highest BCUT2D eigenvalue weighted by Gasteiger charge is 2.37. The van der Waals surface area contributed by atoms with Gasteiger partial charge < -0.3 is 18.9 Å². The topological polar surface area (TPSA) is 76.6 Å². The zero-order chi connectivity index (χ0) is 18.1. The number of likely N-dealkylation sites (tertiary alicyclic amines) is 1. The van der Waals surface area contributed by atoms with Gasteiger partial charge in [0.05, 0.1) is 5.92 Å². The summed E-state index contributed by atoms with van der Waals surface area (Å²) in [6.45, 7) is 2.89. The molecule has 1 aliphatic rings. The molecule has 0 saturated carbocycles. The van der Waals surface area contributed by atoms with E-state index in [0.29, 0.717) is 18.3 Å². The van der Waals surface area contributed by atoms with Crippen LogP contribution in [0.2, 0.25) is 0 Å². The fourth-order valence-corrected chi connectivity index (χ4v) is 3.95. The van der Waals surface area contributed by atoms with Gasteiger partial charge in [0.1, 0.15) is 6.61 Å². The molecule has 0 bridgehead atoms. The third-order valence-electron chi connectivity index (χ3n) is 5.20. The molecule has 4 rings (SSSR count). The van der Waals surface area contributed by atoms with Gasteiger partial charge in [0, 0.05) is 63.4 Å². The van der Waals surface area contributed by atoms with E-state index in [0.717, 1.165) is 19.6 Å². The number of hydrogen-bond donors (Lipinski definition) is 1. The van der Waals surface area contributed by atoms with E-state index in [1.165, 1.54) is 16.5 Å².